The molecular weight excluding hydrogens is 197 g/mol. The number of hydrogen-bond donors (Lipinski definition) is 2. The lowest BCUT2D eigenvalue weighted by molar-refractivity contribution is -0.114. The Morgan fingerprint density at radius 3 is 2.85 bits per heavy atom. The van der Waals surface area contributed by atoms with Crippen molar-refractivity contribution in [1.29, 1.82) is 0 Å². The molecule has 0 bridgehead atoms. The molecule has 0 radical (unpaired) electrons. The van der Waals surface area contributed by atoms with Crippen LogP contribution in [0.3, 0.4) is 0 Å². The lowest BCUT2D eigenvalue weighted by atomic mass is 10.3. The molecular formula is C8H7ClFNO2. The Balaban J connectivity index is 2.93. The summed E-state index contributed by atoms with van der Waals surface area (Å²) in [5, 5.41) is 11.3. The number of halogens is 2. The van der Waals surface area contributed by atoms with E-state index in [-0.39, 0.29) is 17.3 Å². The summed E-state index contributed by atoms with van der Waals surface area (Å²) in [7, 11) is 0. The van der Waals surface area contributed by atoms with Crippen molar-refractivity contribution in [2.45, 2.75) is 0 Å². The summed E-state index contributed by atoms with van der Waals surface area (Å²) in [6.45, 7) is 0. The number of hydrogen-bond acceptors (Lipinski definition) is 2. The number of carbonyl (C=O) groups excluding carboxylic acids is 1. The first-order valence-corrected chi connectivity index (χ1v) is 4.02. The molecule has 0 aliphatic heterocycles. The van der Waals surface area contributed by atoms with Gasteiger partial charge in [-0.1, -0.05) is 6.07 Å². The van der Waals surface area contributed by atoms with Gasteiger partial charge in [0, 0.05) is 0 Å². The second kappa shape index (κ2) is 4.09. The van der Waals surface area contributed by atoms with Gasteiger partial charge >= 0.3 is 0 Å². The summed E-state index contributed by atoms with van der Waals surface area (Å²) in [5.41, 5.74) is -0.242. The maximum Gasteiger partial charge on any atom is 0.239 e. The molecule has 5 heteroatoms. The van der Waals surface area contributed by atoms with Crippen LogP contribution in [0.5, 0.6) is 5.75 Å². The lowest BCUT2D eigenvalue weighted by Gasteiger charge is -2.05. The number of phenolic OH excluding ortho intramolecular Hbond substituents is 1. The molecule has 0 fully saturated rings. The van der Waals surface area contributed by atoms with Crippen molar-refractivity contribution in [3.05, 3.63) is 24.0 Å². The standard InChI is InChI=1S/C8H7ClFNO2/c9-4-7(13)11-8-5(10)2-1-3-6(8)12/h1-3,12H,4H2,(H,11,13). The second-order valence-electron chi connectivity index (χ2n) is 2.32. The van der Waals surface area contributed by atoms with E-state index in [9.17, 15) is 9.18 Å². The molecule has 3 nitrogen and oxygen atoms in total. The van der Waals surface area contributed by atoms with Crippen LogP contribution in [0.25, 0.3) is 0 Å². The number of amides is 1. The zero-order chi connectivity index (χ0) is 9.84. The van der Waals surface area contributed by atoms with Crippen molar-refractivity contribution in [3.8, 4) is 5.75 Å². The number of phenols is 1. The topological polar surface area (TPSA) is 49.3 Å². The molecule has 1 amide bonds. The number of rotatable bonds is 2. The molecule has 0 aliphatic rings. The van der Waals surface area contributed by atoms with Crippen LogP contribution in [0.15, 0.2) is 18.2 Å². The molecule has 0 heterocycles. The van der Waals surface area contributed by atoms with Crippen LogP contribution in [0.2, 0.25) is 0 Å². The zero-order valence-electron chi connectivity index (χ0n) is 6.55. The molecule has 1 aromatic carbocycles. The average Bonchev–Trinajstić information content (AvgIpc) is 2.11. The summed E-state index contributed by atoms with van der Waals surface area (Å²) in [4.78, 5) is 10.8. The maximum atomic E-state index is 12.9. The minimum atomic E-state index is -0.696. The molecule has 0 atom stereocenters. The summed E-state index contributed by atoms with van der Waals surface area (Å²) < 4.78 is 12.9. The van der Waals surface area contributed by atoms with E-state index in [1.807, 2.05) is 0 Å². The molecule has 2 N–H and O–H groups in total. The van der Waals surface area contributed by atoms with Crippen LogP contribution >= 0.6 is 11.6 Å². The number of alkyl halides is 1. The van der Waals surface area contributed by atoms with Gasteiger partial charge in [0.2, 0.25) is 5.91 Å². The van der Waals surface area contributed by atoms with Crippen molar-refractivity contribution in [3.63, 3.8) is 0 Å². The fourth-order valence-corrected chi connectivity index (χ4v) is 0.876. The van der Waals surface area contributed by atoms with E-state index in [0.717, 1.165) is 6.07 Å². The van der Waals surface area contributed by atoms with E-state index in [1.54, 1.807) is 0 Å². The predicted octanol–water partition coefficient (Wildman–Crippen LogP) is 1.71. The summed E-state index contributed by atoms with van der Waals surface area (Å²) in [5.74, 6) is -1.87. The fraction of sp³-hybridized carbons (Fsp3) is 0.125. The van der Waals surface area contributed by atoms with E-state index in [0.29, 0.717) is 0 Å². The van der Waals surface area contributed by atoms with Gasteiger partial charge < -0.3 is 10.4 Å². The maximum absolute atomic E-state index is 12.9. The van der Waals surface area contributed by atoms with Crippen molar-refractivity contribution in [2.24, 2.45) is 0 Å². The minimum Gasteiger partial charge on any atom is -0.506 e. The predicted molar refractivity (Wildman–Crippen MR) is 47.4 cm³/mol. The first-order chi connectivity index (χ1) is 6.15. The molecule has 0 saturated carbocycles. The quantitative estimate of drug-likeness (QED) is 0.568. The highest BCUT2D eigenvalue weighted by Gasteiger charge is 2.09. The molecule has 70 valence electrons. The van der Waals surface area contributed by atoms with Gasteiger partial charge in [0.1, 0.15) is 17.3 Å². The van der Waals surface area contributed by atoms with Gasteiger partial charge in [-0.2, -0.15) is 0 Å². The summed E-state index contributed by atoms with van der Waals surface area (Å²) in [6, 6.07) is 3.73. The normalized spacial score (nSPS) is 9.69. The van der Waals surface area contributed by atoms with Crippen LogP contribution in [0.1, 0.15) is 0 Å². The fourth-order valence-electron chi connectivity index (χ4n) is 0.809. The summed E-state index contributed by atoms with van der Waals surface area (Å²) >= 11 is 5.19. The van der Waals surface area contributed by atoms with Crippen LogP contribution < -0.4 is 5.32 Å². The lowest BCUT2D eigenvalue weighted by Crippen LogP contribution is -2.13. The molecule has 0 spiro atoms. The van der Waals surface area contributed by atoms with E-state index in [1.165, 1.54) is 12.1 Å². The van der Waals surface area contributed by atoms with E-state index >= 15 is 0 Å². The number of nitrogens with one attached hydrogen (secondary N) is 1. The molecule has 1 rings (SSSR count). The third kappa shape index (κ3) is 2.32. The molecule has 0 aliphatic carbocycles. The largest absolute Gasteiger partial charge is 0.506 e. The number of benzene rings is 1. The molecule has 13 heavy (non-hydrogen) atoms. The Bertz CT molecular complexity index is 310. The smallest absolute Gasteiger partial charge is 0.239 e. The minimum absolute atomic E-state index is 0.242. The van der Waals surface area contributed by atoms with E-state index < -0.39 is 11.7 Å². The van der Waals surface area contributed by atoms with Crippen LogP contribution in [-0.4, -0.2) is 16.9 Å². The number of anilines is 1. The Hall–Kier alpha value is -1.29. The number of carbonyl (C=O) groups is 1. The Morgan fingerprint density at radius 2 is 2.31 bits per heavy atom. The van der Waals surface area contributed by atoms with Crippen molar-refractivity contribution < 1.29 is 14.3 Å². The molecule has 1 aromatic rings. The van der Waals surface area contributed by atoms with Gasteiger partial charge in [-0.3, -0.25) is 4.79 Å². The van der Waals surface area contributed by atoms with Gasteiger partial charge in [0.15, 0.2) is 5.82 Å². The molecule has 0 saturated heterocycles. The summed E-state index contributed by atoms with van der Waals surface area (Å²) in [6.07, 6.45) is 0. The zero-order valence-corrected chi connectivity index (χ0v) is 7.31. The van der Waals surface area contributed by atoms with Gasteiger partial charge in [0.25, 0.3) is 0 Å². The van der Waals surface area contributed by atoms with Crippen molar-refractivity contribution in [1.82, 2.24) is 0 Å². The Kier molecular flexibility index (Phi) is 3.08. The average molecular weight is 204 g/mol. The van der Waals surface area contributed by atoms with Gasteiger partial charge in [-0.25, -0.2) is 4.39 Å². The van der Waals surface area contributed by atoms with Gasteiger partial charge in [-0.05, 0) is 12.1 Å². The number of para-hydroxylation sites is 1. The van der Waals surface area contributed by atoms with E-state index in [4.69, 9.17) is 16.7 Å². The van der Waals surface area contributed by atoms with Crippen LogP contribution in [0.4, 0.5) is 10.1 Å². The Morgan fingerprint density at radius 1 is 1.62 bits per heavy atom. The van der Waals surface area contributed by atoms with Crippen molar-refractivity contribution >= 4 is 23.2 Å². The van der Waals surface area contributed by atoms with E-state index in [2.05, 4.69) is 5.32 Å². The molecule has 0 aromatic heterocycles. The SMILES string of the molecule is O=C(CCl)Nc1c(O)cccc1F. The highest BCUT2D eigenvalue weighted by molar-refractivity contribution is 6.29. The third-order valence-electron chi connectivity index (χ3n) is 1.38. The van der Waals surface area contributed by atoms with Crippen LogP contribution in [0, 0.1) is 5.82 Å². The molecule has 0 unspecified atom stereocenters. The third-order valence-corrected chi connectivity index (χ3v) is 1.62. The first-order valence-electron chi connectivity index (χ1n) is 3.48. The Labute approximate surface area is 79.1 Å². The van der Waals surface area contributed by atoms with Crippen molar-refractivity contribution in [2.75, 3.05) is 11.2 Å². The van der Waals surface area contributed by atoms with Gasteiger partial charge in [0.05, 0.1) is 0 Å². The second-order valence-corrected chi connectivity index (χ2v) is 2.58. The number of aromatic hydroxyl groups is 1. The monoisotopic (exact) mass is 203 g/mol. The highest BCUT2D eigenvalue weighted by atomic mass is 35.5. The first kappa shape index (κ1) is 9.80. The van der Waals surface area contributed by atoms with Gasteiger partial charge in [-0.15, -0.1) is 11.6 Å². The highest BCUT2D eigenvalue weighted by Crippen LogP contribution is 2.25. The van der Waals surface area contributed by atoms with Crippen LogP contribution in [-0.2, 0) is 4.79 Å².